The van der Waals surface area contributed by atoms with Crippen LogP contribution in [0.2, 0.25) is 0 Å². The van der Waals surface area contributed by atoms with Crippen molar-refractivity contribution >= 4 is 17.9 Å². The van der Waals surface area contributed by atoms with Crippen LogP contribution in [0.4, 0.5) is 4.79 Å². The summed E-state index contributed by atoms with van der Waals surface area (Å²) >= 11 is 4.21. The zero-order valence-corrected chi connectivity index (χ0v) is 10.7. The Kier molecular flexibility index (Phi) is 12.4. The topological polar surface area (TPSA) is 44.8 Å². The summed E-state index contributed by atoms with van der Waals surface area (Å²) in [4.78, 5) is 10.2. The maximum Gasteiger partial charge on any atom is 0.400 e. The average Bonchev–Trinajstić information content (AvgIpc) is 2.25. The van der Waals surface area contributed by atoms with Crippen LogP contribution in [0.1, 0.15) is 32.6 Å². The lowest BCUT2D eigenvalue weighted by Gasteiger charge is -2.05. The van der Waals surface area contributed by atoms with Crippen molar-refractivity contribution in [2.75, 3.05) is 33.0 Å². The Morgan fingerprint density at radius 1 is 0.938 bits per heavy atom. The number of hydrogen-bond donors (Lipinski definition) is 0. The Bertz CT molecular complexity index is 164. The molecule has 0 heterocycles. The number of unbranched alkanes of at least 4 members (excludes halogenated alkanes) is 3. The van der Waals surface area contributed by atoms with Gasteiger partial charge in [-0.2, -0.15) is 0 Å². The van der Waals surface area contributed by atoms with E-state index in [1.807, 2.05) is 0 Å². The van der Waals surface area contributed by atoms with Gasteiger partial charge in [0.05, 0.1) is 19.8 Å². The van der Waals surface area contributed by atoms with Crippen molar-refractivity contribution in [3.8, 4) is 0 Å². The minimum absolute atomic E-state index is 0.221. The van der Waals surface area contributed by atoms with Crippen LogP contribution in [0, 0.1) is 0 Å². The molecule has 0 aliphatic carbocycles. The summed E-state index contributed by atoms with van der Waals surface area (Å²) in [5.41, 5.74) is 0. The number of carbonyl (C=O) groups excluding carboxylic acids is 1. The molecule has 0 saturated heterocycles. The maximum absolute atomic E-state index is 10.2. The van der Waals surface area contributed by atoms with Gasteiger partial charge in [0, 0.05) is 19.2 Å². The summed E-state index contributed by atoms with van der Waals surface area (Å²) in [6.45, 7) is 4.70. The smallest absolute Gasteiger partial charge is 0.400 e. The maximum atomic E-state index is 10.2. The molecule has 0 fully saturated rings. The van der Waals surface area contributed by atoms with Gasteiger partial charge >= 0.3 is 5.30 Å². The Hall–Kier alpha value is -0.390. The lowest BCUT2D eigenvalue weighted by Crippen LogP contribution is -2.10. The van der Waals surface area contributed by atoms with Crippen LogP contribution in [-0.4, -0.2) is 38.3 Å². The van der Waals surface area contributed by atoms with E-state index in [-0.39, 0.29) is 6.61 Å². The zero-order chi connectivity index (χ0) is 12.1. The van der Waals surface area contributed by atoms with E-state index in [0.717, 1.165) is 13.0 Å². The zero-order valence-electron chi connectivity index (χ0n) is 9.91. The summed E-state index contributed by atoms with van der Waals surface area (Å²) in [6.07, 6.45) is 4.85. The molecule has 1 radical (unpaired) electrons. The van der Waals surface area contributed by atoms with Crippen molar-refractivity contribution in [2.24, 2.45) is 0 Å². The van der Waals surface area contributed by atoms with Crippen molar-refractivity contribution in [3.05, 3.63) is 0 Å². The first-order chi connectivity index (χ1) is 7.77. The summed E-state index contributed by atoms with van der Waals surface area (Å²) < 4.78 is 15.0. The number of hydrogen-bond acceptors (Lipinski definition) is 4. The molecule has 0 spiro atoms. The average molecular weight is 249 g/mol. The third-order valence-corrected chi connectivity index (χ3v) is 2.08. The van der Waals surface area contributed by atoms with Crippen molar-refractivity contribution < 1.29 is 19.0 Å². The molecule has 16 heavy (non-hydrogen) atoms. The van der Waals surface area contributed by atoms with E-state index >= 15 is 0 Å². The largest absolute Gasteiger partial charge is 0.452 e. The molecule has 0 aliphatic rings. The van der Waals surface area contributed by atoms with Crippen LogP contribution in [0.3, 0.4) is 0 Å². The van der Waals surface area contributed by atoms with Gasteiger partial charge in [0.25, 0.3) is 0 Å². The minimum atomic E-state index is -0.684. The molecule has 0 N–H and O–H groups in total. The molecule has 0 aromatic heterocycles. The monoisotopic (exact) mass is 249 g/mol. The molecule has 0 aliphatic heterocycles. The summed E-state index contributed by atoms with van der Waals surface area (Å²) in [7, 11) is 0. The highest BCUT2D eigenvalue weighted by Gasteiger charge is 1.95. The molecule has 0 atom stereocenters. The highest BCUT2D eigenvalue weighted by Crippen LogP contribution is 1.98. The fourth-order valence-electron chi connectivity index (χ4n) is 1.14. The highest BCUT2D eigenvalue weighted by atomic mass is 32.1. The van der Waals surface area contributed by atoms with E-state index in [4.69, 9.17) is 9.47 Å². The van der Waals surface area contributed by atoms with Crippen LogP contribution in [0.25, 0.3) is 0 Å². The second kappa shape index (κ2) is 12.7. The van der Waals surface area contributed by atoms with Gasteiger partial charge in [-0.3, -0.25) is 0 Å². The second-order valence-corrected chi connectivity index (χ2v) is 3.72. The van der Waals surface area contributed by atoms with Crippen LogP contribution >= 0.6 is 12.6 Å². The summed E-state index contributed by atoms with van der Waals surface area (Å²) in [6, 6.07) is 0. The second-order valence-electron chi connectivity index (χ2n) is 3.38. The molecule has 0 aromatic carbocycles. The van der Waals surface area contributed by atoms with Crippen LogP contribution < -0.4 is 0 Å². The van der Waals surface area contributed by atoms with Crippen molar-refractivity contribution in [3.63, 3.8) is 0 Å². The minimum Gasteiger partial charge on any atom is -0.452 e. The molecular weight excluding hydrogens is 228 g/mol. The van der Waals surface area contributed by atoms with Gasteiger partial charge in [0.2, 0.25) is 0 Å². The van der Waals surface area contributed by atoms with E-state index < -0.39 is 5.30 Å². The molecule has 0 rings (SSSR count). The predicted molar refractivity (Wildman–Crippen MR) is 64.7 cm³/mol. The van der Waals surface area contributed by atoms with E-state index in [2.05, 4.69) is 24.3 Å². The van der Waals surface area contributed by atoms with Gasteiger partial charge in [0.15, 0.2) is 0 Å². The van der Waals surface area contributed by atoms with Crippen molar-refractivity contribution in [2.45, 2.75) is 32.6 Å². The number of rotatable bonds is 11. The van der Waals surface area contributed by atoms with Gasteiger partial charge in [-0.1, -0.05) is 26.2 Å². The number of ether oxygens (including phenoxy) is 3. The third kappa shape index (κ3) is 13.6. The predicted octanol–water partition coefficient (Wildman–Crippen LogP) is 2.93. The molecule has 0 amide bonds. The Morgan fingerprint density at radius 2 is 1.56 bits per heavy atom. The standard InChI is InChI=1S/C11H21O4S/c1-2-3-4-5-6-13-7-8-14-9-10-15-11(12)16/h2-10H2,1H3. The Morgan fingerprint density at radius 3 is 2.19 bits per heavy atom. The van der Waals surface area contributed by atoms with Crippen molar-refractivity contribution in [1.29, 1.82) is 0 Å². The molecule has 5 heteroatoms. The van der Waals surface area contributed by atoms with Gasteiger partial charge in [-0.25, -0.2) is 4.79 Å². The van der Waals surface area contributed by atoms with Crippen molar-refractivity contribution in [1.82, 2.24) is 0 Å². The molecule has 0 bridgehead atoms. The van der Waals surface area contributed by atoms with Gasteiger partial charge < -0.3 is 14.2 Å². The van der Waals surface area contributed by atoms with Crippen LogP contribution in [-0.2, 0) is 14.2 Å². The normalized spacial score (nSPS) is 10.3. The first kappa shape index (κ1) is 15.6. The van der Waals surface area contributed by atoms with E-state index in [0.29, 0.717) is 19.8 Å². The van der Waals surface area contributed by atoms with E-state index in [9.17, 15) is 4.79 Å². The van der Waals surface area contributed by atoms with Crippen LogP contribution in [0.15, 0.2) is 0 Å². The lowest BCUT2D eigenvalue weighted by molar-refractivity contribution is 0.0304. The number of carbonyl (C=O) groups is 1. The van der Waals surface area contributed by atoms with Crippen LogP contribution in [0.5, 0.6) is 0 Å². The van der Waals surface area contributed by atoms with Gasteiger partial charge in [-0.15, -0.1) is 0 Å². The molecule has 95 valence electrons. The third-order valence-electron chi connectivity index (χ3n) is 1.96. The quantitative estimate of drug-likeness (QED) is 0.417. The van der Waals surface area contributed by atoms with Gasteiger partial charge in [-0.05, 0) is 6.42 Å². The SMILES string of the molecule is CCCCCCOCCOCCOC(=O)[S]. The van der Waals surface area contributed by atoms with E-state index in [1.165, 1.54) is 19.3 Å². The highest BCUT2D eigenvalue weighted by molar-refractivity contribution is 7.96. The van der Waals surface area contributed by atoms with E-state index in [1.54, 1.807) is 0 Å². The fourth-order valence-corrected chi connectivity index (χ4v) is 1.22. The first-order valence-corrected chi connectivity index (χ1v) is 6.17. The Balaban J connectivity index is 2.90. The Labute approximate surface area is 103 Å². The van der Waals surface area contributed by atoms with Gasteiger partial charge in [0.1, 0.15) is 6.61 Å². The summed E-state index contributed by atoms with van der Waals surface area (Å²) in [5.74, 6) is 0. The molecular formula is C11H21O4S. The lowest BCUT2D eigenvalue weighted by atomic mass is 10.2. The molecule has 0 saturated carbocycles. The fraction of sp³-hybridized carbons (Fsp3) is 0.909. The summed E-state index contributed by atoms with van der Waals surface area (Å²) in [5, 5.41) is -0.684. The first-order valence-electron chi connectivity index (χ1n) is 5.76. The molecule has 4 nitrogen and oxygen atoms in total. The molecule has 0 aromatic rings. The molecule has 0 unspecified atom stereocenters.